The molecule has 0 heterocycles. The Balaban J connectivity index is 1.92. The minimum atomic E-state index is -1.68. The number of ether oxygens (including phenoxy) is 3. The van der Waals surface area contributed by atoms with Gasteiger partial charge in [0.05, 0.1) is 32.0 Å². The molecule has 0 aromatic heterocycles. The maximum Gasteiger partial charge on any atom is 0.201 e. The van der Waals surface area contributed by atoms with E-state index in [-0.39, 0.29) is 11.6 Å². The fourth-order valence-corrected chi connectivity index (χ4v) is 4.08. The van der Waals surface area contributed by atoms with Crippen LogP contribution >= 0.6 is 11.6 Å². The second kappa shape index (κ2) is 7.96. The number of benzene rings is 3. The number of nitrogens with one attached hydrogen (secondary N) is 1. The molecule has 0 amide bonds. The molecule has 158 valence electrons. The summed E-state index contributed by atoms with van der Waals surface area (Å²) < 4.78 is 16.0. The number of fused-ring (bicyclic) bond motifs is 1. The summed E-state index contributed by atoms with van der Waals surface area (Å²) in [5, 5.41) is 3.47. The molecule has 1 aliphatic rings. The molecule has 0 atom stereocenters. The van der Waals surface area contributed by atoms with Gasteiger partial charge in [-0.2, -0.15) is 0 Å². The summed E-state index contributed by atoms with van der Waals surface area (Å²) in [6.45, 7) is 0. The Bertz CT molecular complexity index is 1140. The summed E-state index contributed by atoms with van der Waals surface area (Å²) in [4.78, 5) is 27.4. The number of anilines is 1. The van der Waals surface area contributed by atoms with Crippen LogP contribution in [0.3, 0.4) is 0 Å². The number of Topliss-reactive ketones (excluding diaryl/α,β-unsaturated/α-hetero) is 2. The van der Waals surface area contributed by atoms with Crippen LogP contribution in [0.15, 0.2) is 60.7 Å². The van der Waals surface area contributed by atoms with Gasteiger partial charge in [0.25, 0.3) is 0 Å². The van der Waals surface area contributed by atoms with Gasteiger partial charge in [0.2, 0.25) is 11.6 Å². The second-order valence-corrected chi connectivity index (χ2v) is 7.40. The van der Waals surface area contributed by atoms with Crippen LogP contribution in [0.25, 0.3) is 0 Å². The molecule has 1 aliphatic carbocycles. The molecule has 6 nitrogen and oxygen atoms in total. The molecule has 0 radical (unpaired) electrons. The van der Waals surface area contributed by atoms with E-state index in [2.05, 4.69) is 5.32 Å². The summed E-state index contributed by atoms with van der Waals surface area (Å²) >= 11 is 6.33. The lowest BCUT2D eigenvalue weighted by Gasteiger charge is -2.30. The van der Waals surface area contributed by atoms with Crippen molar-refractivity contribution in [3.63, 3.8) is 0 Å². The molecule has 31 heavy (non-hydrogen) atoms. The molecule has 0 saturated heterocycles. The predicted molar refractivity (Wildman–Crippen MR) is 118 cm³/mol. The van der Waals surface area contributed by atoms with Crippen LogP contribution in [0.1, 0.15) is 26.3 Å². The Morgan fingerprint density at radius 1 is 0.774 bits per heavy atom. The molecule has 3 aromatic carbocycles. The van der Waals surface area contributed by atoms with E-state index in [1.807, 2.05) is 0 Å². The van der Waals surface area contributed by atoms with Crippen LogP contribution < -0.4 is 19.5 Å². The molecule has 0 spiro atoms. The zero-order valence-electron chi connectivity index (χ0n) is 17.2. The molecule has 0 bridgehead atoms. The smallest absolute Gasteiger partial charge is 0.201 e. The molecule has 0 fully saturated rings. The van der Waals surface area contributed by atoms with Crippen molar-refractivity contribution in [2.24, 2.45) is 0 Å². The van der Waals surface area contributed by atoms with Crippen molar-refractivity contribution in [1.29, 1.82) is 0 Å². The largest absolute Gasteiger partial charge is 0.497 e. The molecule has 0 unspecified atom stereocenters. The van der Waals surface area contributed by atoms with E-state index in [1.165, 1.54) is 14.2 Å². The molecular formula is C24H20ClNO5. The SMILES string of the molecule is COc1ccc(C2(Nc3cc(Cl)c(OC)cc3OC)C(=O)c3ccccc3C2=O)cc1. The van der Waals surface area contributed by atoms with E-state index >= 15 is 0 Å². The van der Waals surface area contributed by atoms with Crippen LogP contribution in [0.5, 0.6) is 17.2 Å². The molecule has 3 aromatic rings. The van der Waals surface area contributed by atoms with Gasteiger partial charge >= 0.3 is 0 Å². The number of rotatable bonds is 6. The first-order valence-electron chi connectivity index (χ1n) is 9.49. The highest BCUT2D eigenvalue weighted by atomic mass is 35.5. The van der Waals surface area contributed by atoms with Gasteiger partial charge in [-0.25, -0.2) is 0 Å². The number of halogens is 1. The van der Waals surface area contributed by atoms with Gasteiger partial charge in [-0.15, -0.1) is 0 Å². The van der Waals surface area contributed by atoms with E-state index in [9.17, 15) is 9.59 Å². The fraction of sp³-hybridized carbons (Fsp3) is 0.167. The van der Waals surface area contributed by atoms with Gasteiger partial charge in [-0.1, -0.05) is 48.0 Å². The Labute approximate surface area is 184 Å². The van der Waals surface area contributed by atoms with E-state index in [0.717, 1.165) is 0 Å². The molecule has 4 rings (SSSR count). The van der Waals surface area contributed by atoms with Crippen molar-refractivity contribution >= 4 is 28.9 Å². The lowest BCUT2D eigenvalue weighted by molar-refractivity contribution is 0.0818. The zero-order valence-corrected chi connectivity index (χ0v) is 17.9. The van der Waals surface area contributed by atoms with Gasteiger partial charge in [-0.05, 0) is 23.8 Å². The number of carbonyl (C=O) groups excluding carboxylic acids is 2. The van der Waals surface area contributed by atoms with Gasteiger partial charge in [0, 0.05) is 17.2 Å². The first-order chi connectivity index (χ1) is 15.0. The Morgan fingerprint density at radius 3 is 1.87 bits per heavy atom. The minimum Gasteiger partial charge on any atom is -0.497 e. The van der Waals surface area contributed by atoms with Crippen molar-refractivity contribution in [2.75, 3.05) is 26.6 Å². The number of hydrogen-bond donors (Lipinski definition) is 1. The third-order valence-electron chi connectivity index (χ3n) is 5.42. The van der Waals surface area contributed by atoms with Gasteiger partial charge in [0.15, 0.2) is 5.54 Å². The summed E-state index contributed by atoms with van der Waals surface area (Å²) in [5.74, 6) is 0.694. The fourth-order valence-electron chi connectivity index (χ4n) is 3.83. The highest BCUT2D eigenvalue weighted by molar-refractivity contribution is 6.35. The summed E-state index contributed by atoms with van der Waals surface area (Å²) in [6.07, 6.45) is 0. The first kappa shape index (κ1) is 20.8. The number of methoxy groups -OCH3 is 3. The first-order valence-corrected chi connectivity index (χ1v) is 9.87. The average Bonchev–Trinajstić information content (AvgIpc) is 3.02. The van der Waals surface area contributed by atoms with E-state index < -0.39 is 5.54 Å². The van der Waals surface area contributed by atoms with Crippen molar-refractivity contribution in [3.05, 3.63) is 82.4 Å². The predicted octanol–water partition coefficient (Wildman–Crippen LogP) is 4.75. The molecule has 0 saturated carbocycles. The topological polar surface area (TPSA) is 73.9 Å². The summed E-state index contributed by atoms with van der Waals surface area (Å²) in [6, 6.07) is 16.8. The molecular weight excluding hydrogens is 418 g/mol. The third kappa shape index (κ3) is 3.20. The number of hydrogen-bond acceptors (Lipinski definition) is 6. The maximum atomic E-state index is 13.7. The van der Waals surface area contributed by atoms with Crippen LogP contribution in [-0.2, 0) is 5.54 Å². The summed E-state index contributed by atoms with van der Waals surface area (Å²) in [5.41, 5.74) is -0.0999. The Morgan fingerprint density at radius 2 is 1.35 bits per heavy atom. The van der Waals surface area contributed by atoms with E-state index in [0.29, 0.717) is 44.6 Å². The van der Waals surface area contributed by atoms with Crippen LogP contribution in [0.2, 0.25) is 5.02 Å². The van der Waals surface area contributed by atoms with Crippen molar-refractivity contribution in [1.82, 2.24) is 0 Å². The average molecular weight is 438 g/mol. The highest BCUT2D eigenvalue weighted by Gasteiger charge is 2.54. The van der Waals surface area contributed by atoms with Crippen LogP contribution in [-0.4, -0.2) is 32.9 Å². The number of carbonyl (C=O) groups is 2. The van der Waals surface area contributed by atoms with E-state index in [4.69, 9.17) is 25.8 Å². The lowest BCUT2D eigenvalue weighted by Crippen LogP contribution is -2.46. The second-order valence-electron chi connectivity index (χ2n) is 6.99. The Kier molecular flexibility index (Phi) is 5.33. The van der Waals surface area contributed by atoms with E-state index in [1.54, 1.807) is 67.8 Å². The van der Waals surface area contributed by atoms with Gasteiger partial charge in [0.1, 0.15) is 17.2 Å². The number of ketones is 2. The van der Waals surface area contributed by atoms with Crippen LogP contribution in [0.4, 0.5) is 5.69 Å². The highest BCUT2D eigenvalue weighted by Crippen LogP contribution is 2.44. The third-order valence-corrected chi connectivity index (χ3v) is 5.71. The Hall–Kier alpha value is -3.51. The van der Waals surface area contributed by atoms with Gasteiger partial charge in [-0.3, -0.25) is 9.59 Å². The molecule has 1 N–H and O–H groups in total. The quantitative estimate of drug-likeness (QED) is 0.561. The van der Waals surface area contributed by atoms with Crippen LogP contribution in [0, 0.1) is 0 Å². The monoisotopic (exact) mass is 437 g/mol. The normalized spacial score (nSPS) is 14.2. The van der Waals surface area contributed by atoms with Crippen molar-refractivity contribution in [3.8, 4) is 17.2 Å². The standard InChI is InChI=1S/C24H20ClNO5/c1-29-15-10-8-14(9-11-15)24(22(27)16-6-4-5-7-17(16)23(24)28)26-19-12-18(25)20(30-2)13-21(19)31-3/h4-13,26H,1-3H3. The summed E-state index contributed by atoms with van der Waals surface area (Å²) in [7, 11) is 4.53. The van der Waals surface area contributed by atoms with Gasteiger partial charge < -0.3 is 19.5 Å². The van der Waals surface area contributed by atoms with Crippen molar-refractivity contribution < 1.29 is 23.8 Å². The maximum absolute atomic E-state index is 13.7. The lowest BCUT2D eigenvalue weighted by atomic mass is 9.84. The molecule has 0 aliphatic heterocycles. The zero-order chi connectivity index (χ0) is 22.2. The minimum absolute atomic E-state index is 0.311. The van der Waals surface area contributed by atoms with Crippen molar-refractivity contribution in [2.45, 2.75) is 5.54 Å². The molecule has 7 heteroatoms.